The lowest BCUT2D eigenvalue weighted by atomic mass is 10.1. The van der Waals surface area contributed by atoms with Gasteiger partial charge in [0.1, 0.15) is 11.9 Å². The number of likely N-dealkylation sites (N-methyl/N-ethyl adjacent to an activating group) is 1. The summed E-state index contributed by atoms with van der Waals surface area (Å²) in [7, 11) is 4.05. The summed E-state index contributed by atoms with van der Waals surface area (Å²) in [5.41, 5.74) is 7.85. The number of benzene rings is 1. The molecule has 2 aromatic heterocycles. The largest absolute Gasteiger partial charge is 0.482 e. The first-order chi connectivity index (χ1) is 14.5. The fraction of sp³-hybridized carbons (Fsp3) is 0.364. The van der Waals surface area contributed by atoms with E-state index in [9.17, 15) is 4.39 Å². The zero-order valence-corrected chi connectivity index (χ0v) is 19.7. The first kappa shape index (κ1) is 23.3. The van der Waals surface area contributed by atoms with Crippen LogP contribution in [-0.2, 0) is 5.54 Å². The molecule has 1 unspecified atom stereocenters. The standard InChI is InChI=1S/C22H26Cl2FN5O/c1-13(19-16(23)6-7-17(25)20(19)24)31-18-8-14(9-27-21(18)26)15-10-28-30(11-15)22(2,3)12-29(4)5/h6-11,13H,12H2,1-5H3,(H2,26,27). The van der Waals surface area contributed by atoms with Crippen LogP contribution in [-0.4, -0.2) is 40.3 Å². The molecule has 3 rings (SSSR count). The molecule has 0 spiro atoms. The molecule has 3 aromatic rings. The summed E-state index contributed by atoms with van der Waals surface area (Å²) in [4.78, 5) is 6.37. The minimum absolute atomic E-state index is 0.0768. The maximum absolute atomic E-state index is 13.9. The normalized spacial score (nSPS) is 12.9. The maximum Gasteiger partial charge on any atom is 0.166 e. The molecule has 1 atom stereocenters. The Bertz CT molecular complexity index is 1080. The molecule has 0 saturated carbocycles. The van der Waals surface area contributed by atoms with Gasteiger partial charge in [0.2, 0.25) is 0 Å². The highest BCUT2D eigenvalue weighted by atomic mass is 35.5. The molecule has 0 saturated heterocycles. The lowest BCUT2D eigenvalue weighted by molar-refractivity contribution is 0.223. The van der Waals surface area contributed by atoms with E-state index < -0.39 is 11.9 Å². The highest BCUT2D eigenvalue weighted by Gasteiger charge is 2.23. The number of anilines is 1. The van der Waals surface area contributed by atoms with Crippen molar-refractivity contribution in [1.29, 1.82) is 0 Å². The monoisotopic (exact) mass is 465 g/mol. The zero-order valence-electron chi connectivity index (χ0n) is 18.2. The molecule has 0 amide bonds. The summed E-state index contributed by atoms with van der Waals surface area (Å²) < 4.78 is 21.8. The number of hydrogen-bond acceptors (Lipinski definition) is 5. The number of hydrogen-bond donors (Lipinski definition) is 1. The van der Waals surface area contributed by atoms with E-state index in [4.69, 9.17) is 33.7 Å². The number of pyridine rings is 1. The van der Waals surface area contributed by atoms with E-state index >= 15 is 0 Å². The molecule has 31 heavy (non-hydrogen) atoms. The maximum atomic E-state index is 13.9. The van der Waals surface area contributed by atoms with Crippen molar-refractivity contribution in [2.75, 3.05) is 26.4 Å². The van der Waals surface area contributed by atoms with Gasteiger partial charge in [0.25, 0.3) is 0 Å². The fourth-order valence-electron chi connectivity index (χ4n) is 3.52. The number of halogens is 3. The lowest BCUT2D eigenvalue weighted by Crippen LogP contribution is -2.37. The van der Waals surface area contributed by atoms with Gasteiger partial charge < -0.3 is 15.4 Å². The van der Waals surface area contributed by atoms with Crippen LogP contribution >= 0.6 is 23.2 Å². The van der Waals surface area contributed by atoms with Crippen molar-refractivity contribution in [3.05, 3.63) is 58.2 Å². The molecule has 166 valence electrons. The summed E-state index contributed by atoms with van der Waals surface area (Å²) in [6.45, 7) is 6.79. The van der Waals surface area contributed by atoms with Crippen LogP contribution in [0, 0.1) is 5.82 Å². The molecule has 6 nitrogen and oxygen atoms in total. The third kappa shape index (κ3) is 5.11. The molecular weight excluding hydrogens is 440 g/mol. The third-order valence-electron chi connectivity index (χ3n) is 4.91. The van der Waals surface area contributed by atoms with Crippen LogP contribution in [0.25, 0.3) is 11.1 Å². The number of rotatable bonds is 7. The average molecular weight is 466 g/mol. The van der Waals surface area contributed by atoms with Crippen molar-refractivity contribution >= 4 is 29.0 Å². The first-order valence-corrected chi connectivity index (χ1v) is 10.5. The van der Waals surface area contributed by atoms with Crippen LogP contribution in [0.1, 0.15) is 32.4 Å². The predicted molar refractivity (Wildman–Crippen MR) is 123 cm³/mol. The highest BCUT2D eigenvalue weighted by molar-refractivity contribution is 6.36. The molecule has 2 N–H and O–H groups in total. The minimum atomic E-state index is -0.642. The number of nitrogens with zero attached hydrogens (tertiary/aromatic N) is 4. The van der Waals surface area contributed by atoms with E-state index in [1.165, 1.54) is 12.1 Å². The molecular formula is C22H26Cl2FN5O. The Kier molecular flexibility index (Phi) is 6.79. The fourth-order valence-corrected chi connectivity index (χ4v) is 4.20. The number of nitrogens with two attached hydrogens (primary N) is 1. The van der Waals surface area contributed by atoms with Crippen LogP contribution in [0.2, 0.25) is 10.0 Å². The van der Waals surface area contributed by atoms with Gasteiger partial charge in [-0.15, -0.1) is 0 Å². The Morgan fingerprint density at radius 1 is 1.23 bits per heavy atom. The van der Waals surface area contributed by atoms with Gasteiger partial charge in [-0.3, -0.25) is 4.68 Å². The van der Waals surface area contributed by atoms with Crippen molar-refractivity contribution in [2.24, 2.45) is 0 Å². The molecule has 0 bridgehead atoms. The first-order valence-electron chi connectivity index (χ1n) is 9.75. The van der Waals surface area contributed by atoms with Crippen molar-refractivity contribution in [3.8, 4) is 16.9 Å². The number of aromatic nitrogens is 3. The Hall–Kier alpha value is -2.35. The van der Waals surface area contributed by atoms with E-state index in [0.29, 0.717) is 16.3 Å². The van der Waals surface area contributed by atoms with Gasteiger partial charge in [-0.25, -0.2) is 9.37 Å². The van der Waals surface area contributed by atoms with Crippen LogP contribution in [0.4, 0.5) is 10.2 Å². The zero-order chi connectivity index (χ0) is 22.9. The van der Waals surface area contributed by atoms with Gasteiger partial charge in [-0.2, -0.15) is 5.10 Å². The topological polar surface area (TPSA) is 69.2 Å². The summed E-state index contributed by atoms with van der Waals surface area (Å²) in [5, 5.41) is 4.76. The molecule has 0 aliphatic rings. The lowest BCUT2D eigenvalue weighted by Gasteiger charge is -2.28. The Morgan fingerprint density at radius 3 is 2.61 bits per heavy atom. The summed E-state index contributed by atoms with van der Waals surface area (Å²) >= 11 is 12.3. The molecule has 2 heterocycles. The van der Waals surface area contributed by atoms with E-state index in [-0.39, 0.29) is 16.4 Å². The van der Waals surface area contributed by atoms with Gasteiger partial charge >= 0.3 is 0 Å². The van der Waals surface area contributed by atoms with Crippen LogP contribution in [0.3, 0.4) is 0 Å². The van der Waals surface area contributed by atoms with Crippen molar-refractivity contribution in [1.82, 2.24) is 19.7 Å². The molecule has 9 heteroatoms. The SMILES string of the molecule is CC(Oc1cc(-c2cnn(C(C)(C)CN(C)C)c2)cnc1N)c1c(Cl)ccc(F)c1Cl. The van der Waals surface area contributed by atoms with Crippen molar-refractivity contribution in [2.45, 2.75) is 32.4 Å². The Balaban J connectivity index is 1.89. The third-order valence-corrected chi connectivity index (χ3v) is 5.62. The van der Waals surface area contributed by atoms with Crippen molar-refractivity contribution < 1.29 is 9.13 Å². The predicted octanol–water partition coefficient (Wildman–Crippen LogP) is 5.41. The van der Waals surface area contributed by atoms with Crippen LogP contribution in [0.15, 0.2) is 36.8 Å². The second kappa shape index (κ2) is 9.02. The van der Waals surface area contributed by atoms with Gasteiger partial charge in [0, 0.05) is 40.7 Å². The molecule has 0 radical (unpaired) electrons. The van der Waals surface area contributed by atoms with Crippen LogP contribution in [0.5, 0.6) is 5.75 Å². The Labute approximate surface area is 191 Å². The molecule has 0 fully saturated rings. The molecule has 0 aliphatic carbocycles. The van der Waals surface area contributed by atoms with Gasteiger partial charge in [0.05, 0.1) is 16.8 Å². The van der Waals surface area contributed by atoms with E-state index in [1.54, 1.807) is 25.4 Å². The quantitative estimate of drug-likeness (QED) is 0.472. The number of ether oxygens (including phenoxy) is 1. The van der Waals surface area contributed by atoms with Gasteiger partial charge in [0.15, 0.2) is 11.6 Å². The highest BCUT2D eigenvalue weighted by Crippen LogP contribution is 2.37. The van der Waals surface area contributed by atoms with Crippen molar-refractivity contribution in [3.63, 3.8) is 0 Å². The summed E-state index contributed by atoms with van der Waals surface area (Å²) in [6, 6.07) is 4.44. The van der Waals surface area contributed by atoms with Gasteiger partial charge in [-0.1, -0.05) is 23.2 Å². The molecule has 0 aliphatic heterocycles. The van der Waals surface area contributed by atoms with E-state index in [2.05, 4.69) is 28.8 Å². The Morgan fingerprint density at radius 2 is 1.94 bits per heavy atom. The average Bonchev–Trinajstić information content (AvgIpc) is 3.17. The van der Waals surface area contributed by atoms with Gasteiger partial charge in [-0.05, 0) is 53.1 Å². The molecule has 1 aromatic carbocycles. The second-order valence-corrected chi connectivity index (χ2v) is 9.13. The van der Waals surface area contributed by atoms with Crippen LogP contribution < -0.4 is 10.5 Å². The summed E-state index contributed by atoms with van der Waals surface area (Å²) in [6.07, 6.45) is 4.76. The smallest absolute Gasteiger partial charge is 0.166 e. The number of nitrogen functional groups attached to an aromatic ring is 1. The van der Waals surface area contributed by atoms with E-state index in [1.807, 2.05) is 25.0 Å². The second-order valence-electron chi connectivity index (χ2n) is 8.35. The minimum Gasteiger partial charge on any atom is -0.482 e. The summed E-state index contributed by atoms with van der Waals surface area (Å²) in [5.74, 6) is -0.00890. The van der Waals surface area contributed by atoms with E-state index in [0.717, 1.165) is 17.7 Å².